The van der Waals surface area contributed by atoms with Gasteiger partial charge in [0.2, 0.25) is 0 Å². The van der Waals surface area contributed by atoms with Gasteiger partial charge in [0.05, 0.1) is 11.9 Å². The number of rotatable bonds is 6. The quantitative estimate of drug-likeness (QED) is 0.677. The number of piperidine rings is 1. The number of pyridine rings is 1. The van der Waals surface area contributed by atoms with E-state index in [0.29, 0.717) is 13.1 Å². The molecule has 0 bridgehead atoms. The van der Waals surface area contributed by atoms with Crippen LogP contribution < -0.4 is 15.5 Å². The third-order valence-electron chi connectivity index (χ3n) is 5.07. The van der Waals surface area contributed by atoms with Crippen molar-refractivity contribution >= 4 is 11.8 Å². The third kappa shape index (κ3) is 4.93. The average molecular weight is 390 g/mol. The summed E-state index contributed by atoms with van der Waals surface area (Å²) in [5, 5.41) is 10.2. The molecule has 0 spiro atoms. The Morgan fingerprint density at radius 3 is 2.59 bits per heavy atom. The van der Waals surface area contributed by atoms with Gasteiger partial charge in [-0.15, -0.1) is 0 Å². The fourth-order valence-corrected chi connectivity index (χ4v) is 3.55. The zero-order valence-corrected chi connectivity index (χ0v) is 16.4. The van der Waals surface area contributed by atoms with Crippen molar-refractivity contribution in [3.63, 3.8) is 0 Å². The van der Waals surface area contributed by atoms with Gasteiger partial charge in [-0.05, 0) is 37.5 Å². The minimum atomic E-state index is -0.203. The third-order valence-corrected chi connectivity index (χ3v) is 5.07. The number of urea groups is 1. The SMILES string of the molecule is O=C(NCc1cnn(-c2ccccc2)c1)NCc1cccnc1N1CCCCC1. The van der Waals surface area contributed by atoms with Crippen molar-refractivity contribution in [1.82, 2.24) is 25.4 Å². The Bertz CT molecular complexity index is 933. The number of para-hydroxylation sites is 1. The molecule has 7 nitrogen and oxygen atoms in total. The highest BCUT2D eigenvalue weighted by atomic mass is 16.2. The van der Waals surface area contributed by atoms with E-state index in [4.69, 9.17) is 0 Å². The van der Waals surface area contributed by atoms with Gasteiger partial charge in [-0.25, -0.2) is 14.5 Å². The first-order chi connectivity index (χ1) is 14.3. The Labute approximate surface area is 170 Å². The number of anilines is 1. The molecule has 2 aromatic heterocycles. The predicted octanol–water partition coefficient (Wildman–Crippen LogP) is 3.26. The van der Waals surface area contributed by atoms with Crippen LogP contribution in [0.1, 0.15) is 30.4 Å². The van der Waals surface area contributed by atoms with Crippen LogP contribution in [0.5, 0.6) is 0 Å². The van der Waals surface area contributed by atoms with Gasteiger partial charge in [-0.2, -0.15) is 5.10 Å². The molecule has 3 heterocycles. The number of benzene rings is 1. The Morgan fingerprint density at radius 2 is 1.76 bits per heavy atom. The van der Waals surface area contributed by atoms with Crippen LogP contribution in [0.15, 0.2) is 61.1 Å². The lowest BCUT2D eigenvalue weighted by atomic mass is 10.1. The summed E-state index contributed by atoms with van der Waals surface area (Å²) in [5.41, 5.74) is 2.98. The summed E-state index contributed by atoms with van der Waals surface area (Å²) in [6, 6.07) is 13.6. The molecule has 0 radical (unpaired) electrons. The van der Waals surface area contributed by atoms with E-state index in [-0.39, 0.29) is 6.03 Å². The molecule has 1 aromatic carbocycles. The van der Waals surface area contributed by atoms with E-state index in [1.165, 1.54) is 19.3 Å². The van der Waals surface area contributed by atoms with Gasteiger partial charge in [-0.1, -0.05) is 24.3 Å². The molecule has 2 amide bonds. The van der Waals surface area contributed by atoms with Crippen LogP contribution in [0.25, 0.3) is 5.69 Å². The molecule has 1 saturated heterocycles. The predicted molar refractivity (Wildman–Crippen MR) is 113 cm³/mol. The fraction of sp³-hybridized carbons (Fsp3) is 0.318. The number of aromatic nitrogens is 3. The zero-order valence-electron chi connectivity index (χ0n) is 16.4. The van der Waals surface area contributed by atoms with E-state index in [0.717, 1.165) is 35.7 Å². The van der Waals surface area contributed by atoms with Crippen molar-refractivity contribution in [2.75, 3.05) is 18.0 Å². The molecule has 1 aliphatic heterocycles. The number of carbonyl (C=O) groups excluding carboxylic acids is 1. The van der Waals surface area contributed by atoms with Crippen molar-refractivity contribution in [2.45, 2.75) is 32.4 Å². The van der Waals surface area contributed by atoms with Crippen LogP contribution in [-0.2, 0) is 13.1 Å². The summed E-state index contributed by atoms with van der Waals surface area (Å²) >= 11 is 0. The number of nitrogens with zero attached hydrogens (tertiary/aromatic N) is 4. The van der Waals surface area contributed by atoms with Gasteiger partial charge < -0.3 is 15.5 Å². The second-order valence-corrected chi connectivity index (χ2v) is 7.20. The van der Waals surface area contributed by atoms with Crippen LogP contribution in [0.2, 0.25) is 0 Å². The summed E-state index contributed by atoms with van der Waals surface area (Å²) in [4.78, 5) is 19.1. The molecule has 4 rings (SSSR count). The van der Waals surface area contributed by atoms with Crippen LogP contribution >= 0.6 is 0 Å². The molecule has 0 saturated carbocycles. The normalized spacial score (nSPS) is 13.9. The molecule has 29 heavy (non-hydrogen) atoms. The molecular formula is C22H26N6O. The summed E-state index contributed by atoms with van der Waals surface area (Å²) in [6.45, 7) is 2.93. The van der Waals surface area contributed by atoms with Crippen molar-refractivity contribution in [2.24, 2.45) is 0 Å². The Morgan fingerprint density at radius 1 is 0.966 bits per heavy atom. The molecular weight excluding hydrogens is 364 g/mol. The van der Waals surface area contributed by atoms with Gasteiger partial charge in [0, 0.05) is 49.7 Å². The highest BCUT2D eigenvalue weighted by Crippen LogP contribution is 2.21. The van der Waals surface area contributed by atoms with E-state index >= 15 is 0 Å². The molecule has 1 aliphatic rings. The lowest BCUT2D eigenvalue weighted by molar-refractivity contribution is 0.240. The second kappa shape index (κ2) is 9.23. The van der Waals surface area contributed by atoms with Gasteiger partial charge in [0.25, 0.3) is 0 Å². The molecule has 1 fully saturated rings. The maximum Gasteiger partial charge on any atom is 0.315 e. The van der Waals surface area contributed by atoms with Gasteiger partial charge in [-0.3, -0.25) is 0 Å². The van der Waals surface area contributed by atoms with Crippen molar-refractivity contribution in [3.8, 4) is 5.69 Å². The molecule has 0 aliphatic carbocycles. The Balaban J connectivity index is 1.29. The molecule has 7 heteroatoms. The van der Waals surface area contributed by atoms with E-state index < -0.39 is 0 Å². The number of hydrogen-bond donors (Lipinski definition) is 2. The van der Waals surface area contributed by atoms with Crippen LogP contribution in [-0.4, -0.2) is 33.9 Å². The minimum absolute atomic E-state index is 0.203. The first kappa shape index (κ1) is 19.0. The molecule has 0 unspecified atom stereocenters. The number of amides is 2. The number of hydrogen-bond acceptors (Lipinski definition) is 4. The molecule has 150 valence electrons. The maximum absolute atomic E-state index is 12.3. The van der Waals surface area contributed by atoms with Crippen LogP contribution in [0, 0.1) is 0 Å². The average Bonchev–Trinajstić information content (AvgIpc) is 3.27. The summed E-state index contributed by atoms with van der Waals surface area (Å²) in [7, 11) is 0. The topological polar surface area (TPSA) is 75.1 Å². The highest BCUT2D eigenvalue weighted by Gasteiger charge is 2.15. The van der Waals surface area contributed by atoms with Crippen molar-refractivity contribution in [3.05, 3.63) is 72.2 Å². The van der Waals surface area contributed by atoms with Gasteiger partial charge >= 0.3 is 6.03 Å². The minimum Gasteiger partial charge on any atom is -0.356 e. The van der Waals surface area contributed by atoms with E-state index in [1.807, 2.05) is 54.9 Å². The standard InChI is InChI=1S/C22H26N6O/c29-22(24-14-18-15-26-28(17-18)20-9-3-1-4-10-20)25-16-19-8-7-11-23-21(19)27-12-5-2-6-13-27/h1,3-4,7-11,15,17H,2,5-6,12-14,16H2,(H2,24,25,29). The summed E-state index contributed by atoms with van der Waals surface area (Å²) in [6.07, 6.45) is 9.17. The van der Waals surface area contributed by atoms with Crippen LogP contribution in [0.3, 0.4) is 0 Å². The Kier molecular flexibility index (Phi) is 6.04. The zero-order chi connectivity index (χ0) is 19.9. The number of nitrogens with one attached hydrogen (secondary N) is 2. The first-order valence-corrected chi connectivity index (χ1v) is 10.1. The summed E-state index contributed by atoms with van der Waals surface area (Å²) < 4.78 is 1.80. The largest absolute Gasteiger partial charge is 0.356 e. The molecule has 3 aromatic rings. The Hall–Kier alpha value is -3.35. The van der Waals surface area contributed by atoms with Crippen molar-refractivity contribution in [1.29, 1.82) is 0 Å². The monoisotopic (exact) mass is 390 g/mol. The van der Waals surface area contributed by atoms with Crippen LogP contribution in [0.4, 0.5) is 10.6 Å². The maximum atomic E-state index is 12.3. The number of carbonyl (C=O) groups is 1. The lowest BCUT2D eigenvalue weighted by Crippen LogP contribution is -2.36. The summed E-state index contributed by atoms with van der Waals surface area (Å²) in [5.74, 6) is 0.983. The van der Waals surface area contributed by atoms with Crippen molar-refractivity contribution < 1.29 is 4.79 Å². The van der Waals surface area contributed by atoms with Gasteiger partial charge in [0.1, 0.15) is 5.82 Å². The van der Waals surface area contributed by atoms with E-state index in [9.17, 15) is 4.79 Å². The first-order valence-electron chi connectivity index (χ1n) is 10.1. The second-order valence-electron chi connectivity index (χ2n) is 7.20. The fourth-order valence-electron chi connectivity index (χ4n) is 3.55. The molecule has 0 atom stereocenters. The highest BCUT2D eigenvalue weighted by molar-refractivity contribution is 5.74. The molecule has 2 N–H and O–H groups in total. The lowest BCUT2D eigenvalue weighted by Gasteiger charge is -2.29. The van der Waals surface area contributed by atoms with E-state index in [2.05, 4.69) is 25.6 Å². The smallest absolute Gasteiger partial charge is 0.315 e. The van der Waals surface area contributed by atoms with Gasteiger partial charge in [0.15, 0.2) is 0 Å². The van der Waals surface area contributed by atoms with E-state index in [1.54, 1.807) is 10.9 Å².